The average molecular weight is 577 g/mol. The number of pyridine rings is 2. The smallest absolute Gasteiger partial charge is 0.320 e. The monoisotopic (exact) mass is 576 g/mol. The van der Waals surface area contributed by atoms with Gasteiger partial charge in [-0.1, -0.05) is 12.6 Å². The molecule has 10 heteroatoms. The van der Waals surface area contributed by atoms with Crippen molar-refractivity contribution in [3.8, 4) is 17.1 Å². The molecule has 4 aromatic rings. The molecule has 3 fully saturated rings. The number of benzene rings is 1. The molecule has 10 nitrogen and oxygen atoms in total. The van der Waals surface area contributed by atoms with Crippen molar-refractivity contribution in [3.63, 3.8) is 0 Å². The Balaban J connectivity index is 1.12. The van der Waals surface area contributed by atoms with Gasteiger partial charge in [0.15, 0.2) is 0 Å². The molecule has 0 spiro atoms. The summed E-state index contributed by atoms with van der Waals surface area (Å²) in [6.07, 6.45) is 8.24. The van der Waals surface area contributed by atoms with E-state index in [0.29, 0.717) is 44.5 Å². The molecule has 1 saturated carbocycles. The number of carbonyl (C=O) groups is 2. The van der Waals surface area contributed by atoms with Crippen LogP contribution in [0.5, 0.6) is 0 Å². The van der Waals surface area contributed by atoms with Gasteiger partial charge >= 0.3 is 6.03 Å². The largest absolute Gasteiger partial charge is 0.383 e. The summed E-state index contributed by atoms with van der Waals surface area (Å²) in [6.45, 7) is 8.46. The number of nitrogens with zero attached hydrogens (tertiary/aromatic N) is 7. The van der Waals surface area contributed by atoms with Crippen molar-refractivity contribution in [1.29, 1.82) is 0 Å². The van der Waals surface area contributed by atoms with Crippen molar-refractivity contribution in [2.24, 2.45) is 0 Å². The molecule has 3 aliphatic rings. The maximum atomic E-state index is 13.4. The minimum absolute atomic E-state index is 0.0340. The number of nitrogens with two attached hydrogens (primary N) is 1. The van der Waals surface area contributed by atoms with Crippen molar-refractivity contribution >= 4 is 28.8 Å². The summed E-state index contributed by atoms with van der Waals surface area (Å²) < 4.78 is 2.13. The van der Waals surface area contributed by atoms with Crippen molar-refractivity contribution < 1.29 is 9.59 Å². The number of fused-ring (bicyclic) bond motifs is 1. The number of likely N-dealkylation sites (tertiary alicyclic amines) is 1. The Labute approximate surface area is 250 Å². The standard InChI is InChI=1S/C33H36N8O2/c1-3-30(42)40-16-15-39(19-21(40)2)33(43)38-14-12-24(20-38)27-11-9-25(18-36-27)41-29-17-23(22-6-7-22)8-10-28(29)37-32(41)26-5-4-13-35-31(26)34/h3-5,8-11,13,17-18,21-22,24H,1,6-7,12,14-16,19-20H2,2H3,(H2,34,35)/t21-,24?/m1/s1. The zero-order chi connectivity index (χ0) is 29.7. The molecule has 43 heavy (non-hydrogen) atoms. The van der Waals surface area contributed by atoms with Gasteiger partial charge in [-0.3, -0.25) is 14.3 Å². The van der Waals surface area contributed by atoms with Crippen LogP contribution in [-0.2, 0) is 4.79 Å². The fourth-order valence-corrected chi connectivity index (χ4v) is 6.53. The summed E-state index contributed by atoms with van der Waals surface area (Å²) in [5.74, 6) is 1.87. The van der Waals surface area contributed by atoms with Crippen molar-refractivity contribution in [2.75, 3.05) is 38.5 Å². The fraction of sp³-hybridized carbons (Fsp3) is 0.364. The van der Waals surface area contributed by atoms with Crippen LogP contribution in [0.2, 0.25) is 0 Å². The summed E-state index contributed by atoms with van der Waals surface area (Å²) in [5.41, 5.74) is 12.2. The van der Waals surface area contributed by atoms with E-state index in [1.165, 1.54) is 24.5 Å². The minimum atomic E-state index is -0.0848. The molecular weight excluding hydrogens is 540 g/mol. The van der Waals surface area contributed by atoms with Gasteiger partial charge in [-0.15, -0.1) is 0 Å². The van der Waals surface area contributed by atoms with Crippen LogP contribution in [0.25, 0.3) is 28.1 Å². The number of rotatable bonds is 5. The highest BCUT2D eigenvalue weighted by molar-refractivity contribution is 5.88. The first-order chi connectivity index (χ1) is 20.9. The fourth-order valence-electron chi connectivity index (χ4n) is 6.53. The summed E-state index contributed by atoms with van der Waals surface area (Å²) >= 11 is 0. The Bertz CT molecular complexity index is 1710. The number of anilines is 1. The summed E-state index contributed by atoms with van der Waals surface area (Å²) in [7, 11) is 0. The zero-order valence-corrected chi connectivity index (χ0v) is 24.4. The van der Waals surface area contributed by atoms with Gasteiger partial charge in [0.25, 0.3) is 0 Å². The molecule has 3 aromatic heterocycles. The number of hydrogen-bond donors (Lipinski definition) is 1. The van der Waals surface area contributed by atoms with E-state index in [2.05, 4.69) is 46.5 Å². The second-order valence-electron chi connectivity index (χ2n) is 11.9. The number of amides is 3. The number of imidazole rings is 1. The summed E-state index contributed by atoms with van der Waals surface area (Å²) in [4.78, 5) is 45.2. The Morgan fingerprint density at radius 1 is 0.977 bits per heavy atom. The highest BCUT2D eigenvalue weighted by Crippen LogP contribution is 2.42. The summed E-state index contributed by atoms with van der Waals surface area (Å²) in [6, 6.07) is 14.5. The Morgan fingerprint density at radius 2 is 1.81 bits per heavy atom. The van der Waals surface area contributed by atoms with Crippen LogP contribution in [0.3, 0.4) is 0 Å². The van der Waals surface area contributed by atoms with E-state index in [9.17, 15) is 9.59 Å². The molecule has 0 bridgehead atoms. The molecule has 1 unspecified atom stereocenters. The lowest BCUT2D eigenvalue weighted by Gasteiger charge is -2.40. The highest BCUT2D eigenvalue weighted by Gasteiger charge is 2.35. The van der Waals surface area contributed by atoms with Crippen LogP contribution in [0.1, 0.15) is 49.3 Å². The third-order valence-corrected chi connectivity index (χ3v) is 9.07. The summed E-state index contributed by atoms with van der Waals surface area (Å²) in [5, 5.41) is 0. The topological polar surface area (TPSA) is 113 Å². The maximum absolute atomic E-state index is 13.4. The molecule has 5 heterocycles. The number of hydrogen-bond acceptors (Lipinski definition) is 6. The maximum Gasteiger partial charge on any atom is 0.320 e. The lowest BCUT2D eigenvalue weighted by atomic mass is 10.0. The molecule has 1 aromatic carbocycles. The van der Waals surface area contributed by atoms with Crippen LogP contribution >= 0.6 is 0 Å². The van der Waals surface area contributed by atoms with E-state index >= 15 is 0 Å². The van der Waals surface area contributed by atoms with Gasteiger partial charge in [0.1, 0.15) is 11.6 Å². The van der Waals surface area contributed by atoms with E-state index in [4.69, 9.17) is 15.7 Å². The predicted octanol–water partition coefficient (Wildman–Crippen LogP) is 4.57. The van der Waals surface area contributed by atoms with Gasteiger partial charge in [0.2, 0.25) is 5.91 Å². The number of nitrogen functional groups attached to an aromatic ring is 1. The van der Waals surface area contributed by atoms with Gasteiger partial charge in [0, 0.05) is 56.6 Å². The number of aromatic nitrogens is 4. The van der Waals surface area contributed by atoms with Crippen LogP contribution < -0.4 is 5.73 Å². The van der Waals surface area contributed by atoms with Crippen molar-refractivity contribution in [1.82, 2.24) is 34.2 Å². The van der Waals surface area contributed by atoms with Gasteiger partial charge in [0.05, 0.1) is 28.5 Å². The number of carbonyl (C=O) groups excluding carboxylic acids is 2. The molecule has 2 atom stereocenters. The molecule has 0 radical (unpaired) electrons. The Morgan fingerprint density at radius 3 is 2.53 bits per heavy atom. The van der Waals surface area contributed by atoms with Crippen LogP contribution in [-0.4, -0.2) is 84.9 Å². The van der Waals surface area contributed by atoms with Crippen molar-refractivity contribution in [3.05, 3.63) is 78.8 Å². The first-order valence-corrected chi connectivity index (χ1v) is 15.1. The van der Waals surface area contributed by atoms with E-state index in [-0.39, 0.29) is 23.9 Å². The molecule has 2 saturated heterocycles. The van der Waals surface area contributed by atoms with Crippen LogP contribution in [0.4, 0.5) is 10.6 Å². The highest BCUT2D eigenvalue weighted by atomic mass is 16.2. The lowest BCUT2D eigenvalue weighted by Crippen LogP contribution is -2.57. The van der Waals surface area contributed by atoms with E-state index in [0.717, 1.165) is 40.2 Å². The van der Waals surface area contributed by atoms with E-state index in [1.807, 2.05) is 35.1 Å². The Kier molecular flexibility index (Phi) is 6.83. The normalized spacial score (nSPS) is 20.5. The molecule has 2 aliphatic heterocycles. The first-order valence-electron chi connectivity index (χ1n) is 15.1. The predicted molar refractivity (Wildman–Crippen MR) is 166 cm³/mol. The number of urea groups is 1. The van der Waals surface area contributed by atoms with Gasteiger partial charge < -0.3 is 20.4 Å². The third kappa shape index (κ3) is 5.00. The first kappa shape index (κ1) is 27.1. The van der Waals surface area contributed by atoms with Gasteiger partial charge in [-0.25, -0.2) is 14.8 Å². The molecule has 220 valence electrons. The number of piperazine rings is 1. The third-order valence-electron chi connectivity index (χ3n) is 9.07. The molecule has 2 N–H and O–H groups in total. The van der Waals surface area contributed by atoms with Crippen molar-refractivity contribution in [2.45, 2.75) is 44.1 Å². The Hall–Kier alpha value is -4.73. The van der Waals surface area contributed by atoms with E-state index < -0.39 is 0 Å². The second-order valence-corrected chi connectivity index (χ2v) is 11.9. The van der Waals surface area contributed by atoms with Gasteiger partial charge in [-0.05, 0) is 80.1 Å². The zero-order valence-electron chi connectivity index (χ0n) is 24.4. The van der Waals surface area contributed by atoms with Crippen LogP contribution in [0, 0.1) is 0 Å². The lowest BCUT2D eigenvalue weighted by molar-refractivity contribution is -0.129. The second kappa shape index (κ2) is 10.8. The minimum Gasteiger partial charge on any atom is -0.383 e. The molecule has 7 rings (SSSR count). The van der Waals surface area contributed by atoms with Crippen LogP contribution in [0.15, 0.2) is 67.5 Å². The molecule has 1 aliphatic carbocycles. The molecular formula is C33H36N8O2. The van der Waals surface area contributed by atoms with E-state index in [1.54, 1.807) is 11.1 Å². The molecule has 3 amide bonds. The quantitative estimate of drug-likeness (QED) is 0.348. The average Bonchev–Trinajstić information content (AvgIpc) is 3.64. The SMILES string of the molecule is C=CC(=O)N1CCN(C(=O)N2CCC(c3ccc(-n4c(-c5cccnc5N)nc5ccc(C6CC6)cc54)cn3)C2)C[C@H]1C. The van der Waals surface area contributed by atoms with Gasteiger partial charge in [-0.2, -0.15) is 0 Å².